The van der Waals surface area contributed by atoms with Crippen LogP contribution in [0.15, 0.2) is 6.33 Å². The Kier molecular flexibility index (Phi) is 3.86. The molecule has 0 aromatic carbocycles. The molecule has 0 fully saturated rings. The number of rotatable bonds is 4. The molecule has 7 heteroatoms. The fourth-order valence-electron chi connectivity index (χ4n) is 0.849. The zero-order valence-electron chi connectivity index (χ0n) is 7.73. The lowest BCUT2D eigenvalue weighted by atomic mass is 10.3. The normalized spacial score (nSPS) is 12.1. The Labute approximate surface area is 80.5 Å². The number of aliphatic hydroxyl groups excluding tert-OH is 1. The van der Waals surface area contributed by atoms with Gasteiger partial charge in [-0.25, -0.2) is 9.78 Å². The van der Waals surface area contributed by atoms with E-state index in [1.54, 1.807) is 6.92 Å². The number of hydrogen-bond donors (Lipinski definition) is 3. The molecule has 1 unspecified atom stereocenters. The van der Waals surface area contributed by atoms with E-state index in [9.17, 15) is 4.79 Å². The molecule has 3 N–H and O–H groups in total. The molecule has 0 bridgehead atoms. The minimum Gasteiger partial charge on any atom is -0.447 e. The van der Waals surface area contributed by atoms with E-state index in [2.05, 4.69) is 25.2 Å². The molecule has 0 aliphatic carbocycles. The summed E-state index contributed by atoms with van der Waals surface area (Å²) in [6.07, 6.45) is 0.759. The standard InChI is InChI=1S/C7H12N4O3/c1-5(6-8-4-9-11-6)10-7(13)14-3-2-12/h4-5,12H,2-3H2,1H3,(H,10,13)(H,8,9,11). The molecular weight excluding hydrogens is 188 g/mol. The van der Waals surface area contributed by atoms with Gasteiger partial charge < -0.3 is 15.2 Å². The number of hydrogen-bond acceptors (Lipinski definition) is 5. The van der Waals surface area contributed by atoms with Gasteiger partial charge in [-0.05, 0) is 6.92 Å². The molecule has 0 saturated carbocycles. The third-order valence-electron chi connectivity index (χ3n) is 1.50. The SMILES string of the molecule is CC(NC(=O)OCCO)c1ncn[nH]1. The second-order valence-corrected chi connectivity index (χ2v) is 2.60. The van der Waals surface area contributed by atoms with Gasteiger partial charge in [0.2, 0.25) is 0 Å². The van der Waals surface area contributed by atoms with Crippen LogP contribution in [-0.2, 0) is 4.74 Å². The highest BCUT2D eigenvalue weighted by molar-refractivity contribution is 5.67. The topological polar surface area (TPSA) is 100 Å². The summed E-state index contributed by atoms with van der Waals surface area (Å²) in [6, 6.07) is -0.302. The molecule has 0 radical (unpaired) electrons. The van der Waals surface area contributed by atoms with Gasteiger partial charge in [0.15, 0.2) is 0 Å². The number of H-pyrrole nitrogens is 1. The fraction of sp³-hybridized carbons (Fsp3) is 0.571. The quantitative estimate of drug-likeness (QED) is 0.613. The zero-order chi connectivity index (χ0) is 10.4. The van der Waals surface area contributed by atoms with Crippen molar-refractivity contribution in [1.29, 1.82) is 0 Å². The number of alkyl carbamates (subject to hydrolysis) is 1. The van der Waals surface area contributed by atoms with Crippen molar-refractivity contribution in [2.75, 3.05) is 13.2 Å². The molecular formula is C7H12N4O3. The van der Waals surface area contributed by atoms with Gasteiger partial charge in [-0.15, -0.1) is 0 Å². The summed E-state index contributed by atoms with van der Waals surface area (Å²) >= 11 is 0. The third-order valence-corrected chi connectivity index (χ3v) is 1.50. The number of aromatic nitrogens is 3. The second-order valence-electron chi connectivity index (χ2n) is 2.60. The van der Waals surface area contributed by atoms with Crippen LogP contribution in [0.2, 0.25) is 0 Å². The molecule has 0 aliphatic rings. The molecule has 7 nitrogen and oxygen atoms in total. The average molecular weight is 200 g/mol. The molecule has 14 heavy (non-hydrogen) atoms. The molecule has 78 valence electrons. The van der Waals surface area contributed by atoms with Crippen LogP contribution in [0, 0.1) is 0 Å². The van der Waals surface area contributed by atoms with Crippen LogP contribution in [0.3, 0.4) is 0 Å². The van der Waals surface area contributed by atoms with Crippen molar-refractivity contribution in [1.82, 2.24) is 20.5 Å². The summed E-state index contributed by atoms with van der Waals surface area (Å²) in [5.74, 6) is 0.547. The molecule has 1 aromatic rings. The number of nitrogens with zero attached hydrogens (tertiary/aromatic N) is 2. The Morgan fingerprint density at radius 2 is 2.64 bits per heavy atom. The van der Waals surface area contributed by atoms with Crippen molar-refractivity contribution >= 4 is 6.09 Å². The van der Waals surface area contributed by atoms with Crippen molar-refractivity contribution in [3.05, 3.63) is 12.2 Å². The maximum atomic E-state index is 11.0. The van der Waals surface area contributed by atoms with Crippen molar-refractivity contribution in [3.8, 4) is 0 Å². The summed E-state index contributed by atoms with van der Waals surface area (Å²) in [4.78, 5) is 14.9. The van der Waals surface area contributed by atoms with Gasteiger partial charge in [0, 0.05) is 0 Å². The first-order valence-electron chi connectivity index (χ1n) is 4.13. The lowest BCUT2D eigenvalue weighted by molar-refractivity contribution is 0.116. The van der Waals surface area contributed by atoms with E-state index in [0.717, 1.165) is 0 Å². The van der Waals surface area contributed by atoms with Crippen LogP contribution in [0.25, 0.3) is 0 Å². The van der Waals surface area contributed by atoms with E-state index in [0.29, 0.717) is 5.82 Å². The summed E-state index contributed by atoms with van der Waals surface area (Å²) in [6.45, 7) is 1.53. The van der Waals surface area contributed by atoms with E-state index < -0.39 is 6.09 Å². The molecule has 1 amide bonds. The molecule has 1 heterocycles. The maximum absolute atomic E-state index is 11.0. The Hall–Kier alpha value is -1.63. The van der Waals surface area contributed by atoms with Gasteiger partial charge in [-0.1, -0.05) is 0 Å². The van der Waals surface area contributed by atoms with Crippen LogP contribution in [0.4, 0.5) is 4.79 Å². The number of amides is 1. The molecule has 0 spiro atoms. The summed E-state index contributed by atoms with van der Waals surface area (Å²) in [5, 5.41) is 17.2. The highest BCUT2D eigenvalue weighted by atomic mass is 16.6. The van der Waals surface area contributed by atoms with E-state index in [4.69, 9.17) is 5.11 Å². The molecule has 1 rings (SSSR count). The average Bonchev–Trinajstić information content (AvgIpc) is 2.67. The van der Waals surface area contributed by atoms with Gasteiger partial charge in [0.05, 0.1) is 12.6 Å². The van der Waals surface area contributed by atoms with Gasteiger partial charge >= 0.3 is 6.09 Å². The zero-order valence-corrected chi connectivity index (χ0v) is 7.73. The first-order chi connectivity index (χ1) is 6.74. The first-order valence-corrected chi connectivity index (χ1v) is 4.13. The number of ether oxygens (including phenoxy) is 1. The minimum absolute atomic E-state index is 0.0189. The van der Waals surface area contributed by atoms with Gasteiger partial charge in [0.25, 0.3) is 0 Å². The number of aromatic amines is 1. The minimum atomic E-state index is -0.594. The maximum Gasteiger partial charge on any atom is 0.407 e. The Bertz CT molecular complexity index is 274. The lowest BCUT2D eigenvalue weighted by Gasteiger charge is -2.10. The fourth-order valence-corrected chi connectivity index (χ4v) is 0.849. The predicted molar refractivity (Wildman–Crippen MR) is 46.4 cm³/mol. The van der Waals surface area contributed by atoms with Crippen molar-refractivity contribution in [2.45, 2.75) is 13.0 Å². The van der Waals surface area contributed by atoms with Crippen LogP contribution in [0.1, 0.15) is 18.8 Å². The lowest BCUT2D eigenvalue weighted by Crippen LogP contribution is -2.28. The van der Waals surface area contributed by atoms with E-state index in [1.807, 2.05) is 0 Å². The predicted octanol–water partition coefficient (Wildman–Crippen LogP) is -0.416. The van der Waals surface area contributed by atoms with Gasteiger partial charge in [-0.3, -0.25) is 5.10 Å². The number of aliphatic hydroxyl groups is 1. The van der Waals surface area contributed by atoms with E-state index >= 15 is 0 Å². The first kappa shape index (κ1) is 10.5. The Morgan fingerprint density at radius 3 is 3.21 bits per heavy atom. The van der Waals surface area contributed by atoms with Crippen LogP contribution in [0.5, 0.6) is 0 Å². The summed E-state index contributed by atoms with van der Waals surface area (Å²) < 4.78 is 4.60. The van der Waals surface area contributed by atoms with Gasteiger partial charge in [-0.2, -0.15) is 5.10 Å². The monoisotopic (exact) mass is 200 g/mol. The highest BCUT2D eigenvalue weighted by Gasteiger charge is 2.11. The van der Waals surface area contributed by atoms with Crippen LogP contribution < -0.4 is 5.32 Å². The summed E-state index contributed by atoms with van der Waals surface area (Å²) in [7, 11) is 0. The van der Waals surface area contributed by atoms with Gasteiger partial charge in [0.1, 0.15) is 18.8 Å². The van der Waals surface area contributed by atoms with Crippen molar-refractivity contribution < 1.29 is 14.6 Å². The number of carbonyl (C=O) groups is 1. The molecule has 1 aromatic heterocycles. The van der Waals surface area contributed by atoms with Crippen molar-refractivity contribution in [2.24, 2.45) is 0 Å². The number of carbonyl (C=O) groups excluding carboxylic acids is 1. The second kappa shape index (κ2) is 5.18. The Balaban J connectivity index is 2.33. The largest absolute Gasteiger partial charge is 0.447 e. The third kappa shape index (κ3) is 3.02. The number of nitrogens with one attached hydrogen (secondary N) is 2. The molecule has 0 aliphatic heterocycles. The van der Waals surface area contributed by atoms with E-state index in [-0.39, 0.29) is 19.3 Å². The van der Waals surface area contributed by atoms with Crippen LogP contribution >= 0.6 is 0 Å². The smallest absolute Gasteiger partial charge is 0.407 e. The molecule has 0 saturated heterocycles. The Morgan fingerprint density at radius 1 is 1.86 bits per heavy atom. The highest BCUT2D eigenvalue weighted by Crippen LogP contribution is 2.03. The van der Waals surface area contributed by atoms with E-state index in [1.165, 1.54) is 6.33 Å². The summed E-state index contributed by atoms with van der Waals surface area (Å²) in [5.41, 5.74) is 0. The molecule has 1 atom stereocenters. The van der Waals surface area contributed by atoms with Crippen molar-refractivity contribution in [3.63, 3.8) is 0 Å². The van der Waals surface area contributed by atoms with Crippen LogP contribution in [-0.4, -0.2) is 39.6 Å².